The van der Waals surface area contributed by atoms with Gasteiger partial charge in [-0.05, 0) is 54.5 Å². The van der Waals surface area contributed by atoms with Crippen LogP contribution in [0.1, 0.15) is 57.6 Å². The summed E-state index contributed by atoms with van der Waals surface area (Å²) in [4.78, 5) is 51.0. The van der Waals surface area contributed by atoms with Crippen LogP contribution in [0.15, 0.2) is 66.8 Å². The van der Waals surface area contributed by atoms with Crippen LogP contribution in [0.25, 0.3) is 6.08 Å². The number of aliphatic carboxylic acids is 1. The van der Waals surface area contributed by atoms with Crippen LogP contribution in [0.5, 0.6) is 5.75 Å². The topological polar surface area (TPSA) is 154 Å². The maximum Gasteiger partial charge on any atom is 0.347 e. The number of nitrogens with one attached hydrogen (secondary N) is 1. The highest BCUT2D eigenvalue weighted by Crippen LogP contribution is 2.46. The molecule has 0 saturated heterocycles. The molecular weight excluding hydrogens is 624 g/mol. The Morgan fingerprint density at radius 1 is 1.06 bits per heavy atom. The van der Waals surface area contributed by atoms with E-state index >= 15 is 0 Å². The first-order valence-corrected chi connectivity index (χ1v) is 16.1. The molecule has 2 aromatic rings. The number of carboxylic acids is 1. The van der Waals surface area contributed by atoms with E-state index in [-0.39, 0.29) is 37.6 Å². The quantitative estimate of drug-likeness (QED) is 0.141. The molecule has 4 atom stereocenters. The van der Waals surface area contributed by atoms with Crippen LogP contribution in [0, 0.1) is 17.3 Å². The van der Waals surface area contributed by atoms with Crippen LogP contribution in [0.3, 0.4) is 0 Å². The second-order valence-corrected chi connectivity index (χ2v) is 12.7. The molecule has 1 saturated carbocycles. The molecule has 1 aliphatic carbocycles. The fourth-order valence-corrected chi connectivity index (χ4v) is 5.15. The minimum atomic E-state index is -1.22. The SMILES string of the molecule is COc1ccc(C[C@@H](NC(=O)/C=C/C[C@H](OC(=O)[C@H](CC(C)C)OC(=O)C2(CN)CC2)[C@H](C)/C=C/c2ccccc2)C(=O)O)cc1Cl. The van der Waals surface area contributed by atoms with Gasteiger partial charge in [0.1, 0.15) is 17.9 Å². The molecule has 3 rings (SSSR count). The number of hydrogen-bond donors (Lipinski definition) is 3. The van der Waals surface area contributed by atoms with E-state index in [0.717, 1.165) is 5.56 Å². The van der Waals surface area contributed by atoms with E-state index in [1.807, 2.05) is 63.3 Å². The highest BCUT2D eigenvalue weighted by Gasteiger charge is 2.51. The molecule has 0 spiro atoms. The molecule has 0 radical (unpaired) electrons. The summed E-state index contributed by atoms with van der Waals surface area (Å²) in [5, 5.41) is 12.6. The number of amides is 1. The molecule has 0 unspecified atom stereocenters. The Hall–Kier alpha value is -4.15. The standard InChI is InChI=1S/C36H45ClN2O8/c1-23(2)19-31(47-35(44)36(22-38)17-18-36)34(43)46-29(24(3)13-14-25-9-6-5-7-10-25)11-8-12-32(40)39-28(33(41)42)21-26-15-16-30(45-4)27(37)20-26/h5-10,12-16,20,23-24,28-29,31H,11,17-19,21-22,38H2,1-4H3,(H,39,40)(H,41,42)/b12-8+,14-13+/t24-,28-,29+,31+/m1/s1. The number of rotatable bonds is 18. The monoisotopic (exact) mass is 668 g/mol. The van der Waals surface area contributed by atoms with E-state index in [9.17, 15) is 24.3 Å². The second-order valence-electron chi connectivity index (χ2n) is 12.3. The molecular formula is C36H45ClN2O8. The molecule has 1 amide bonds. The first-order valence-electron chi connectivity index (χ1n) is 15.7. The van der Waals surface area contributed by atoms with Gasteiger partial charge in [-0.25, -0.2) is 9.59 Å². The Balaban J connectivity index is 1.73. The van der Waals surface area contributed by atoms with Crippen molar-refractivity contribution >= 4 is 41.5 Å². The fraction of sp³-hybridized carbons (Fsp3) is 0.444. The summed E-state index contributed by atoms with van der Waals surface area (Å²) in [5.74, 6) is -2.80. The molecule has 1 fully saturated rings. The van der Waals surface area contributed by atoms with Crippen molar-refractivity contribution in [1.82, 2.24) is 5.32 Å². The van der Waals surface area contributed by atoms with Gasteiger partial charge in [0.15, 0.2) is 6.10 Å². The van der Waals surface area contributed by atoms with Gasteiger partial charge in [0.2, 0.25) is 5.91 Å². The van der Waals surface area contributed by atoms with Crippen LogP contribution in [-0.4, -0.2) is 60.8 Å². The Kier molecular flexibility index (Phi) is 14.0. The molecule has 47 heavy (non-hydrogen) atoms. The summed E-state index contributed by atoms with van der Waals surface area (Å²) in [6, 6.07) is 13.3. The lowest BCUT2D eigenvalue weighted by atomic mass is 9.99. The van der Waals surface area contributed by atoms with Gasteiger partial charge in [0, 0.05) is 25.3 Å². The Morgan fingerprint density at radius 3 is 2.34 bits per heavy atom. The minimum Gasteiger partial charge on any atom is -0.495 e. The lowest BCUT2D eigenvalue weighted by molar-refractivity contribution is -0.176. The molecule has 254 valence electrons. The summed E-state index contributed by atoms with van der Waals surface area (Å²) < 4.78 is 16.7. The van der Waals surface area contributed by atoms with Crippen molar-refractivity contribution < 1.29 is 38.5 Å². The lowest BCUT2D eigenvalue weighted by Gasteiger charge is -2.26. The average molecular weight is 669 g/mol. The zero-order chi connectivity index (χ0) is 34.6. The summed E-state index contributed by atoms with van der Waals surface area (Å²) in [6.45, 7) is 5.87. The third kappa shape index (κ3) is 11.6. The molecule has 2 aromatic carbocycles. The first-order chi connectivity index (χ1) is 22.4. The Labute approximate surface area is 281 Å². The van der Waals surface area contributed by atoms with E-state index in [1.54, 1.807) is 18.2 Å². The van der Waals surface area contributed by atoms with E-state index in [2.05, 4.69) is 5.32 Å². The van der Waals surface area contributed by atoms with E-state index in [0.29, 0.717) is 29.2 Å². The Bertz CT molecular complexity index is 1440. The smallest absolute Gasteiger partial charge is 0.347 e. The number of carboxylic acid groups (broad SMARTS) is 1. The van der Waals surface area contributed by atoms with Gasteiger partial charge in [-0.15, -0.1) is 0 Å². The van der Waals surface area contributed by atoms with Gasteiger partial charge in [-0.2, -0.15) is 0 Å². The predicted octanol–water partition coefficient (Wildman–Crippen LogP) is 5.36. The number of carbonyl (C=O) groups is 4. The van der Waals surface area contributed by atoms with Gasteiger partial charge in [-0.3, -0.25) is 9.59 Å². The molecule has 4 N–H and O–H groups in total. The van der Waals surface area contributed by atoms with Crippen molar-refractivity contribution in [3.8, 4) is 5.75 Å². The predicted molar refractivity (Wildman–Crippen MR) is 180 cm³/mol. The maximum absolute atomic E-state index is 13.5. The third-order valence-corrected chi connectivity index (χ3v) is 8.32. The summed E-state index contributed by atoms with van der Waals surface area (Å²) in [7, 11) is 1.48. The summed E-state index contributed by atoms with van der Waals surface area (Å²) >= 11 is 6.17. The number of carbonyl (C=O) groups excluding carboxylic acids is 3. The van der Waals surface area contributed by atoms with E-state index < -0.39 is 47.5 Å². The zero-order valence-corrected chi connectivity index (χ0v) is 28.1. The normalized spacial score (nSPS) is 16.3. The molecule has 11 heteroatoms. The van der Waals surface area contributed by atoms with Crippen LogP contribution >= 0.6 is 11.6 Å². The maximum atomic E-state index is 13.5. The fourth-order valence-electron chi connectivity index (χ4n) is 4.87. The van der Waals surface area contributed by atoms with E-state index in [1.165, 1.54) is 19.3 Å². The molecule has 0 aromatic heterocycles. The molecule has 0 heterocycles. The number of hydrogen-bond acceptors (Lipinski definition) is 8. The molecule has 0 bridgehead atoms. The van der Waals surface area contributed by atoms with Crippen molar-refractivity contribution in [3.63, 3.8) is 0 Å². The van der Waals surface area contributed by atoms with Crippen LogP contribution in [0.4, 0.5) is 0 Å². The number of benzene rings is 2. The number of ether oxygens (including phenoxy) is 3. The highest BCUT2D eigenvalue weighted by atomic mass is 35.5. The molecule has 10 nitrogen and oxygen atoms in total. The minimum absolute atomic E-state index is 0.00157. The van der Waals surface area contributed by atoms with Crippen molar-refractivity contribution in [1.29, 1.82) is 0 Å². The van der Waals surface area contributed by atoms with Gasteiger partial charge in [0.25, 0.3) is 0 Å². The largest absolute Gasteiger partial charge is 0.495 e. The van der Waals surface area contributed by atoms with Gasteiger partial charge >= 0.3 is 17.9 Å². The molecule has 1 aliphatic rings. The zero-order valence-electron chi connectivity index (χ0n) is 27.3. The lowest BCUT2D eigenvalue weighted by Crippen LogP contribution is -2.41. The Morgan fingerprint density at radius 2 is 1.77 bits per heavy atom. The van der Waals surface area contributed by atoms with Crippen LogP contribution < -0.4 is 15.8 Å². The summed E-state index contributed by atoms with van der Waals surface area (Å²) in [5.41, 5.74) is 6.63. The molecule has 0 aliphatic heterocycles. The number of halogens is 1. The van der Waals surface area contributed by atoms with Crippen molar-refractivity contribution in [2.24, 2.45) is 23.0 Å². The van der Waals surface area contributed by atoms with Gasteiger partial charge < -0.3 is 30.4 Å². The second kappa shape index (κ2) is 17.7. The van der Waals surface area contributed by atoms with Crippen LogP contribution in [-0.2, 0) is 35.1 Å². The number of nitrogens with two attached hydrogens (primary N) is 1. The van der Waals surface area contributed by atoms with Crippen molar-refractivity contribution in [2.75, 3.05) is 13.7 Å². The van der Waals surface area contributed by atoms with Crippen molar-refractivity contribution in [2.45, 2.75) is 71.1 Å². The van der Waals surface area contributed by atoms with Crippen molar-refractivity contribution in [3.05, 3.63) is 82.9 Å². The first kappa shape index (κ1) is 37.3. The van der Waals surface area contributed by atoms with Gasteiger partial charge in [0.05, 0.1) is 17.5 Å². The number of esters is 2. The summed E-state index contributed by atoms with van der Waals surface area (Å²) in [6.07, 6.45) is 6.40. The average Bonchev–Trinajstić information content (AvgIpc) is 3.84. The highest BCUT2D eigenvalue weighted by molar-refractivity contribution is 6.32. The van der Waals surface area contributed by atoms with Gasteiger partial charge in [-0.1, -0.05) is 87.0 Å². The third-order valence-electron chi connectivity index (χ3n) is 8.03. The van der Waals surface area contributed by atoms with E-state index in [4.69, 9.17) is 31.5 Å². The van der Waals surface area contributed by atoms with Crippen LogP contribution in [0.2, 0.25) is 5.02 Å². The number of methoxy groups -OCH3 is 1.